The summed E-state index contributed by atoms with van der Waals surface area (Å²) >= 11 is 1.74. The van der Waals surface area contributed by atoms with E-state index in [1.165, 1.54) is 16.3 Å². The van der Waals surface area contributed by atoms with Crippen molar-refractivity contribution in [3.63, 3.8) is 0 Å². The molecule has 90 valence electrons. The third kappa shape index (κ3) is 3.27. The lowest BCUT2D eigenvalue weighted by molar-refractivity contribution is 0.816. The first-order valence-corrected chi connectivity index (χ1v) is 6.68. The van der Waals surface area contributed by atoms with Gasteiger partial charge in [-0.05, 0) is 30.0 Å². The number of anilines is 1. The molecular weight excluding hydrogens is 230 g/mol. The molecular formula is C13H17N3S. The molecule has 3 nitrogen and oxygen atoms in total. The van der Waals surface area contributed by atoms with Crippen LogP contribution < -0.4 is 5.73 Å². The van der Waals surface area contributed by atoms with E-state index in [-0.39, 0.29) is 0 Å². The van der Waals surface area contributed by atoms with Crippen LogP contribution in [0.15, 0.2) is 23.7 Å². The van der Waals surface area contributed by atoms with Gasteiger partial charge in [-0.1, -0.05) is 13.8 Å². The highest BCUT2D eigenvalue weighted by atomic mass is 32.1. The van der Waals surface area contributed by atoms with Crippen LogP contribution in [0, 0.1) is 0 Å². The Morgan fingerprint density at radius 2 is 2.18 bits per heavy atom. The van der Waals surface area contributed by atoms with E-state index in [1.54, 1.807) is 17.5 Å². The summed E-state index contributed by atoms with van der Waals surface area (Å²) in [7, 11) is 0. The van der Waals surface area contributed by atoms with Crippen LogP contribution in [0.1, 0.15) is 36.0 Å². The van der Waals surface area contributed by atoms with Gasteiger partial charge in [0.2, 0.25) is 0 Å². The maximum atomic E-state index is 5.65. The summed E-state index contributed by atoms with van der Waals surface area (Å²) in [5, 5.41) is 3.35. The van der Waals surface area contributed by atoms with Gasteiger partial charge in [-0.15, -0.1) is 11.3 Å². The summed E-state index contributed by atoms with van der Waals surface area (Å²) in [4.78, 5) is 8.61. The fourth-order valence-corrected chi connectivity index (χ4v) is 2.57. The van der Waals surface area contributed by atoms with Gasteiger partial charge in [0.1, 0.15) is 5.82 Å². The van der Waals surface area contributed by atoms with Gasteiger partial charge in [0.25, 0.3) is 0 Å². The van der Waals surface area contributed by atoms with E-state index in [9.17, 15) is 0 Å². The Hall–Kier alpha value is -1.42. The molecule has 0 aliphatic carbocycles. The topological polar surface area (TPSA) is 51.8 Å². The molecule has 0 saturated heterocycles. The van der Waals surface area contributed by atoms with E-state index in [0.29, 0.717) is 11.7 Å². The molecule has 2 aromatic heterocycles. The molecule has 0 saturated carbocycles. The molecule has 2 heterocycles. The quantitative estimate of drug-likeness (QED) is 0.903. The average Bonchev–Trinajstić information content (AvgIpc) is 2.75. The standard InChI is InChI=1S/C13H17N3S/c1-9(2)11-8-17-13(16-11)4-3-10-5-6-15-12(14)7-10/h5-9H,3-4H2,1-2H3,(H2,14,15). The van der Waals surface area contributed by atoms with Gasteiger partial charge in [0.05, 0.1) is 10.7 Å². The number of pyridine rings is 1. The minimum absolute atomic E-state index is 0.511. The number of hydrogen-bond acceptors (Lipinski definition) is 4. The second-order valence-corrected chi connectivity index (χ2v) is 5.35. The lowest BCUT2D eigenvalue weighted by atomic mass is 10.1. The van der Waals surface area contributed by atoms with Crippen LogP contribution in [-0.2, 0) is 12.8 Å². The van der Waals surface area contributed by atoms with Crippen molar-refractivity contribution >= 4 is 17.2 Å². The van der Waals surface area contributed by atoms with E-state index in [0.717, 1.165) is 12.8 Å². The van der Waals surface area contributed by atoms with Crippen molar-refractivity contribution in [1.29, 1.82) is 0 Å². The molecule has 4 heteroatoms. The Bertz CT molecular complexity index is 491. The molecule has 17 heavy (non-hydrogen) atoms. The van der Waals surface area contributed by atoms with Crippen LogP contribution in [0.25, 0.3) is 0 Å². The van der Waals surface area contributed by atoms with Crippen molar-refractivity contribution in [1.82, 2.24) is 9.97 Å². The van der Waals surface area contributed by atoms with Gasteiger partial charge < -0.3 is 5.73 Å². The van der Waals surface area contributed by atoms with Gasteiger partial charge >= 0.3 is 0 Å². The molecule has 0 atom stereocenters. The minimum atomic E-state index is 0.511. The van der Waals surface area contributed by atoms with Crippen molar-refractivity contribution < 1.29 is 0 Å². The number of rotatable bonds is 4. The molecule has 0 spiro atoms. The smallest absolute Gasteiger partial charge is 0.123 e. The van der Waals surface area contributed by atoms with Crippen molar-refractivity contribution in [2.75, 3.05) is 5.73 Å². The zero-order valence-corrected chi connectivity index (χ0v) is 11.0. The molecule has 2 N–H and O–H groups in total. The first kappa shape index (κ1) is 12.0. The van der Waals surface area contributed by atoms with E-state index in [2.05, 4.69) is 29.2 Å². The van der Waals surface area contributed by atoms with Crippen LogP contribution in [-0.4, -0.2) is 9.97 Å². The average molecular weight is 247 g/mol. The molecule has 2 aromatic rings. The zero-order chi connectivity index (χ0) is 12.3. The van der Waals surface area contributed by atoms with Crippen LogP contribution in [0.3, 0.4) is 0 Å². The number of nitrogens with two attached hydrogens (primary N) is 1. The Balaban J connectivity index is 1.97. The SMILES string of the molecule is CC(C)c1csc(CCc2ccnc(N)c2)n1. The second-order valence-electron chi connectivity index (χ2n) is 4.41. The van der Waals surface area contributed by atoms with E-state index in [4.69, 9.17) is 5.73 Å². The van der Waals surface area contributed by atoms with E-state index < -0.39 is 0 Å². The van der Waals surface area contributed by atoms with Crippen molar-refractivity contribution in [2.24, 2.45) is 0 Å². The highest BCUT2D eigenvalue weighted by Crippen LogP contribution is 2.19. The monoisotopic (exact) mass is 247 g/mol. The van der Waals surface area contributed by atoms with Gasteiger partial charge in [0.15, 0.2) is 0 Å². The van der Waals surface area contributed by atoms with Gasteiger partial charge in [0, 0.05) is 18.0 Å². The molecule has 0 amide bonds. The number of nitrogens with zero attached hydrogens (tertiary/aromatic N) is 2. The zero-order valence-electron chi connectivity index (χ0n) is 10.2. The lowest BCUT2D eigenvalue weighted by Gasteiger charge is -2.00. The molecule has 0 fully saturated rings. The van der Waals surface area contributed by atoms with Crippen LogP contribution >= 0.6 is 11.3 Å². The number of thiazole rings is 1. The van der Waals surface area contributed by atoms with Gasteiger partial charge in [-0.25, -0.2) is 9.97 Å². The number of aromatic nitrogens is 2. The largest absolute Gasteiger partial charge is 0.384 e. The molecule has 0 bridgehead atoms. The molecule has 0 aliphatic rings. The Morgan fingerprint density at radius 3 is 2.82 bits per heavy atom. The predicted octanol–water partition coefficient (Wildman–Crippen LogP) is 3.03. The third-order valence-electron chi connectivity index (χ3n) is 2.63. The van der Waals surface area contributed by atoms with E-state index in [1.807, 2.05) is 12.1 Å². The summed E-state index contributed by atoms with van der Waals surface area (Å²) in [6, 6.07) is 3.93. The van der Waals surface area contributed by atoms with Crippen LogP contribution in [0.4, 0.5) is 5.82 Å². The number of aryl methyl sites for hydroxylation is 2. The molecule has 0 unspecified atom stereocenters. The van der Waals surface area contributed by atoms with Gasteiger partial charge in [-0.2, -0.15) is 0 Å². The first-order chi connectivity index (χ1) is 8.15. The summed E-state index contributed by atoms with van der Waals surface area (Å²) in [6.07, 6.45) is 3.70. The van der Waals surface area contributed by atoms with Crippen LogP contribution in [0.5, 0.6) is 0 Å². The fraction of sp³-hybridized carbons (Fsp3) is 0.385. The van der Waals surface area contributed by atoms with Crippen molar-refractivity contribution in [3.05, 3.63) is 40.0 Å². The summed E-state index contributed by atoms with van der Waals surface area (Å²) in [5.41, 5.74) is 8.06. The number of nitrogen functional groups attached to an aromatic ring is 1. The lowest BCUT2D eigenvalue weighted by Crippen LogP contribution is -1.95. The summed E-state index contributed by atoms with van der Waals surface area (Å²) in [5.74, 6) is 1.10. The predicted molar refractivity (Wildman–Crippen MR) is 72.3 cm³/mol. The molecule has 0 radical (unpaired) electrons. The fourth-order valence-electron chi connectivity index (χ4n) is 1.61. The Kier molecular flexibility index (Phi) is 3.74. The third-order valence-corrected chi connectivity index (χ3v) is 3.56. The van der Waals surface area contributed by atoms with E-state index >= 15 is 0 Å². The summed E-state index contributed by atoms with van der Waals surface area (Å²) in [6.45, 7) is 4.34. The maximum absolute atomic E-state index is 5.65. The Labute approximate surface area is 106 Å². The normalized spacial score (nSPS) is 11.0. The number of hydrogen-bond donors (Lipinski definition) is 1. The molecule has 0 aromatic carbocycles. The molecule has 2 rings (SSSR count). The highest BCUT2D eigenvalue weighted by Gasteiger charge is 2.05. The second kappa shape index (κ2) is 5.27. The summed E-state index contributed by atoms with van der Waals surface area (Å²) < 4.78 is 0. The molecule has 0 aliphatic heterocycles. The maximum Gasteiger partial charge on any atom is 0.123 e. The van der Waals surface area contributed by atoms with Crippen molar-refractivity contribution in [3.8, 4) is 0 Å². The van der Waals surface area contributed by atoms with Gasteiger partial charge in [-0.3, -0.25) is 0 Å². The first-order valence-electron chi connectivity index (χ1n) is 5.80. The van der Waals surface area contributed by atoms with Crippen molar-refractivity contribution in [2.45, 2.75) is 32.6 Å². The van der Waals surface area contributed by atoms with Crippen LogP contribution in [0.2, 0.25) is 0 Å². The highest BCUT2D eigenvalue weighted by molar-refractivity contribution is 7.09. The Morgan fingerprint density at radius 1 is 1.35 bits per heavy atom. The minimum Gasteiger partial charge on any atom is -0.384 e.